The van der Waals surface area contributed by atoms with E-state index in [4.69, 9.17) is 14.3 Å². The van der Waals surface area contributed by atoms with Crippen molar-refractivity contribution in [2.24, 2.45) is 0 Å². The number of carbonyl (C=O) groups is 1. The van der Waals surface area contributed by atoms with Gasteiger partial charge in [-0.3, -0.25) is 9.63 Å². The monoisotopic (exact) mass is 447 g/mol. The first-order valence-corrected chi connectivity index (χ1v) is 9.45. The molecule has 1 unspecified atom stereocenters. The maximum Gasteiger partial charge on any atom is 0.276 e. The van der Waals surface area contributed by atoms with E-state index >= 15 is 0 Å². The Balaban J connectivity index is 1.87. The quantitative estimate of drug-likeness (QED) is 0.478. The lowest BCUT2D eigenvalue weighted by Gasteiger charge is -2.13. The van der Waals surface area contributed by atoms with Gasteiger partial charge in [-0.1, -0.05) is 47.0 Å². The van der Waals surface area contributed by atoms with Crippen LogP contribution in [0.3, 0.4) is 0 Å². The maximum absolute atomic E-state index is 12.0. The third kappa shape index (κ3) is 6.57. The maximum atomic E-state index is 12.0. The van der Waals surface area contributed by atoms with Crippen molar-refractivity contribution in [3.8, 4) is 23.3 Å². The van der Waals surface area contributed by atoms with Crippen LogP contribution in [0.2, 0.25) is 0 Å². The van der Waals surface area contributed by atoms with Gasteiger partial charge >= 0.3 is 0 Å². The van der Waals surface area contributed by atoms with Crippen LogP contribution >= 0.6 is 15.9 Å². The summed E-state index contributed by atoms with van der Waals surface area (Å²) in [6, 6.07) is 12.1. The first-order chi connectivity index (χ1) is 13.5. The zero-order chi connectivity index (χ0) is 20.4. The molecule has 0 spiro atoms. The number of halogens is 1. The van der Waals surface area contributed by atoms with Crippen molar-refractivity contribution < 1.29 is 24.2 Å². The van der Waals surface area contributed by atoms with E-state index in [2.05, 4.69) is 33.3 Å². The molecule has 0 bridgehead atoms. The lowest BCUT2D eigenvalue weighted by atomic mass is 10.1. The first-order valence-electron chi connectivity index (χ1n) is 8.65. The second-order valence-corrected chi connectivity index (χ2v) is 6.61. The summed E-state index contributed by atoms with van der Waals surface area (Å²) >= 11 is 3.30. The molecule has 2 aromatic carbocycles. The van der Waals surface area contributed by atoms with Gasteiger partial charge < -0.3 is 14.6 Å². The van der Waals surface area contributed by atoms with Gasteiger partial charge in [0.05, 0.1) is 13.7 Å². The van der Waals surface area contributed by atoms with Crippen LogP contribution in [0.1, 0.15) is 30.6 Å². The Morgan fingerprint density at radius 3 is 2.61 bits per heavy atom. The Hall–Kier alpha value is -2.53. The Bertz CT molecular complexity index is 842. The molecule has 0 aliphatic carbocycles. The van der Waals surface area contributed by atoms with Gasteiger partial charge in [-0.25, -0.2) is 5.48 Å². The van der Waals surface area contributed by atoms with Crippen LogP contribution in [0.4, 0.5) is 0 Å². The van der Waals surface area contributed by atoms with Crippen molar-refractivity contribution in [3.05, 3.63) is 58.1 Å². The van der Waals surface area contributed by atoms with Gasteiger partial charge in [0.2, 0.25) is 0 Å². The minimum Gasteiger partial charge on any atom is -0.493 e. The molecule has 2 N–H and O–H groups in total. The predicted molar refractivity (Wildman–Crippen MR) is 109 cm³/mol. The van der Waals surface area contributed by atoms with Gasteiger partial charge in [-0.15, -0.1) is 5.92 Å². The van der Waals surface area contributed by atoms with E-state index in [1.54, 1.807) is 49.6 Å². The topological polar surface area (TPSA) is 77.0 Å². The number of aliphatic hydroxyl groups excluding tert-OH is 1. The lowest BCUT2D eigenvalue weighted by Crippen LogP contribution is -2.29. The summed E-state index contributed by atoms with van der Waals surface area (Å²) in [5, 5.41) is 10.1. The molecular formula is C21H22BrNO5. The molecule has 1 atom stereocenters. The van der Waals surface area contributed by atoms with Crippen LogP contribution in [-0.2, 0) is 16.2 Å². The minimum atomic E-state index is -1.32. The van der Waals surface area contributed by atoms with Gasteiger partial charge in [0.1, 0.15) is 6.61 Å². The highest BCUT2D eigenvalue weighted by Gasteiger charge is 2.17. The smallest absolute Gasteiger partial charge is 0.276 e. The number of methoxy groups -OCH3 is 1. The zero-order valence-corrected chi connectivity index (χ0v) is 17.3. The molecule has 148 valence electrons. The van der Waals surface area contributed by atoms with Crippen molar-refractivity contribution >= 4 is 21.8 Å². The largest absolute Gasteiger partial charge is 0.493 e. The fourth-order valence-corrected chi connectivity index (χ4v) is 2.52. The first kappa shape index (κ1) is 21.8. The molecule has 0 saturated carbocycles. The molecule has 6 nitrogen and oxygen atoms in total. The summed E-state index contributed by atoms with van der Waals surface area (Å²) in [5.74, 6) is 6.30. The number of nitrogens with one attached hydrogen (secondary N) is 1. The molecule has 0 fully saturated rings. The van der Waals surface area contributed by atoms with E-state index in [-0.39, 0.29) is 13.2 Å². The van der Waals surface area contributed by atoms with Crippen LogP contribution in [0.5, 0.6) is 11.5 Å². The van der Waals surface area contributed by atoms with E-state index < -0.39 is 12.0 Å². The Morgan fingerprint density at radius 2 is 1.93 bits per heavy atom. The molecule has 0 saturated heterocycles. The molecule has 0 aromatic heterocycles. The van der Waals surface area contributed by atoms with Crippen LogP contribution in [0.15, 0.2) is 46.9 Å². The zero-order valence-electron chi connectivity index (χ0n) is 15.7. The normalized spacial score (nSPS) is 11.1. The van der Waals surface area contributed by atoms with Gasteiger partial charge in [-0.05, 0) is 35.4 Å². The van der Waals surface area contributed by atoms with E-state index in [9.17, 15) is 9.90 Å². The Labute approximate surface area is 172 Å². The molecule has 28 heavy (non-hydrogen) atoms. The molecule has 1 amide bonds. The van der Waals surface area contributed by atoms with Gasteiger partial charge in [0, 0.05) is 10.9 Å². The number of carbonyl (C=O) groups excluding carboxylic acids is 1. The third-order valence-corrected chi connectivity index (χ3v) is 4.20. The van der Waals surface area contributed by atoms with E-state index in [1.807, 2.05) is 6.92 Å². The summed E-state index contributed by atoms with van der Waals surface area (Å²) in [6.45, 7) is 2.36. The fourth-order valence-electron chi connectivity index (χ4n) is 2.25. The SMILES string of the molecule is CCC#CCOc1ccc(CONC(=O)C(O)c2ccc(Br)cc2)cc1OC. The molecule has 2 rings (SSSR count). The third-order valence-electron chi connectivity index (χ3n) is 3.68. The van der Waals surface area contributed by atoms with E-state index in [0.29, 0.717) is 17.1 Å². The van der Waals surface area contributed by atoms with Crippen LogP contribution in [0, 0.1) is 11.8 Å². The summed E-state index contributed by atoms with van der Waals surface area (Å²) in [7, 11) is 1.54. The number of rotatable bonds is 8. The van der Waals surface area contributed by atoms with Gasteiger partial charge in [-0.2, -0.15) is 0 Å². The molecular weight excluding hydrogens is 426 g/mol. The number of hydroxylamine groups is 1. The Morgan fingerprint density at radius 1 is 1.18 bits per heavy atom. The lowest BCUT2D eigenvalue weighted by molar-refractivity contribution is -0.143. The number of benzene rings is 2. The van der Waals surface area contributed by atoms with Crippen molar-refractivity contribution in [1.82, 2.24) is 5.48 Å². The summed E-state index contributed by atoms with van der Waals surface area (Å²) in [5.41, 5.74) is 3.49. The minimum absolute atomic E-state index is 0.102. The molecule has 2 aromatic rings. The van der Waals surface area contributed by atoms with E-state index in [1.165, 1.54) is 0 Å². The van der Waals surface area contributed by atoms with Crippen molar-refractivity contribution in [3.63, 3.8) is 0 Å². The van der Waals surface area contributed by atoms with Gasteiger partial charge in [0.25, 0.3) is 5.91 Å². The number of hydrogen-bond donors (Lipinski definition) is 2. The van der Waals surface area contributed by atoms with E-state index in [0.717, 1.165) is 16.5 Å². The molecule has 0 radical (unpaired) electrons. The second-order valence-electron chi connectivity index (χ2n) is 5.69. The number of hydrogen-bond acceptors (Lipinski definition) is 5. The number of aliphatic hydroxyl groups is 1. The second kappa shape index (κ2) is 11.3. The molecule has 0 heterocycles. The van der Waals surface area contributed by atoms with Gasteiger partial charge in [0.15, 0.2) is 17.6 Å². The standard InChI is InChI=1S/C21H22BrNO5/c1-3-4-5-12-27-18-11-6-15(13-19(18)26-2)14-28-23-21(25)20(24)16-7-9-17(22)10-8-16/h6-11,13,20,24H,3,12,14H2,1-2H3,(H,23,25). The average molecular weight is 448 g/mol. The summed E-state index contributed by atoms with van der Waals surface area (Å²) in [4.78, 5) is 17.2. The van der Waals surface area contributed by atoms with Crippen molar-refractivity contribution in [2.75, 3.05) is 13.7 Å². The van der Waals surface area contributed by atoms with Crippen molar-refractivity contribution in [2.45, 2.75) is 26.1 Å². The predicted octanol–water partition coefficient (Wildman–Crippen LogP) is 3.53. The summed E-state index contributed by atoms with van der Waals surface area (Å²) < 4.78 is 11.7. The molecule has 0 aliphatic rings. The highest BCUT2D eigenvalue weighted by atomic mass is 79.9. The number of amides is 1. The van der Waals surface area contributed by atoms with Crippen LogP contribution < -0.4 is 15.0 Å². The number of ether oxygens (including phenoxy) is 2. The summed E-state index contributed by atoms with van der Waals surface area (Å²) in [6.07, 6.45) is -0.540. The highest BCUT2D eigenvalue weighted by molar-refractivity contribution is 9.10. The van der Waals surface area contributed by atoms with Crippen LogP contribution in [-0.4, -0.2) is 24.7 Å². The fraction of sp³-hybridized carbons (Fsp3) is 0.286. The molecule has 7 heteroatoms. The molecule has 0 aliphatic heterocycles. The average Bonchev–Trinajstić information content (AvgIpc) is 2.71. The highest BCUT2D eigenvalue weighted by Crippen LogP contribution is 2.28. The van der Waals surface area contributed by atoms with Crippen molar-refractivity contribution in [1.29, 1.82) is 0 Å². The van der Waals surface area contributed by atoms with Crippen LogP contribution in [0.25, 0.3) is 0 Å². The Kier molecular flexibility index (Phi) is 8.82.